The van der Waals surface area contributed by atoms with Crippen LogP contribution < -0.4 is 10.9 Å². The second kappa shape index (κ2) is 3.49. The topological polar surface area (TPSA) is 24.1 Å². The van der Waals surface area contributed by atoms with Crippen LogP contribution in [0.5, 0.6) is 0 Å². The highest BCUT2D eigenvalue weighted by Crippen LogP contribution is 2.56. The molecule has 14 heavy (non-hydrogen) atoms. The fourth-order valence-electron chi connectivity index (χ4n) is 4.59. The second-order valence-electron chi connectivity index (χ2n) is 5.73. The molecule has 2 N–H and O–H groups in total. The molecule has 4 fully saturated rings. The van der Waals surface area contributed by atoms with Crippen LogP contribution in [0.15, 0.2) is 0 Å². The Morgan fingerprint density at radius 3 is 2.00 bits per heavy atom. The van der Waals surface area contributed by atoms with Gasteiger partial charge in [-0.15, -0.1) is 0 Å². The van der Waals surface area contributed by atoms with E-state index in [9.17, 15) is 0 Å². The highest BCUT2D eigenvalue weighted by molar-refractivity contribution is 4.98. The Labute approximate surface area is 86.8 Å². The van der Waals surface area contributed by atoms with Gasteiger partial charge in [0.15, 0.2) is 0 Å². The minimum absolute atomic E-state index is 0.982. The van der Waals surface area contributed by atoms with Crippen molar-refractivity contribution in [1.29, 1.82) is 0 Å². The molecule has 80 valence electrons. The van der Waals surface area contributed by atoms with Crippen LogP contribution in [0.3, 0.4) is 0 Å². The van der Waals surface area contributed by atoms with E-state index in [0.29, 0.717) is 0 Å². The van der Waals surface area contributed by atoms with Gasteiger partial charge in [-0.25, -0.2) is 0 Å². The van der Waals surface area contributed by atoms with Crippen molar-refractivity contribution in [3.05, 3.63) is 0 Å². The van der Waals surface area contributed by atoms with E-state index in [1.165, 1.54) is 6.54 Å². The van der Waals surface area contributed by atoms with E-state index < -0.39 is 0 Å². The molecule has 4 aliphatic carbocycles. The molecule has 0 aromatic carbocycles. The summed E-state index contributed by atoms with van der Waals surface area (Å²) in [6.07, 6.45) is 7.75. The Balaban J connectivity index is 1.69. The highest BCUT2D eigenvalue weighted by Gasteiger charge is 2.47. The fraction of sp³-hybridized carbons (Fsp3) is 1.00. The molecule has 0 atom stereocenters. The van der Waals surface area contributed by atoms with Gasteiger partial charge in [0.25, 0.3) is 0 Å². The summed E-state index contributed by atoms with van der Waals surface area (Å²) < 4.78 is 0. The van der Waals surface area contributed by atoms with Gasteiger partial charge in [0.05, 0.1) is 0 Å². The van der Waals surface area contributed by atoms with E-state index in [-0.39, 0.29) is 0 Å². The van der Waals surface area contributed by atoms with E-state index in [1.54, 1.807) is 32.1 Å². The summed E-state index contributed by atoms with van der Waals surface area (Å²) in [4.78, 5) is 0. The van der Waals surface area contributed by atoms with Crippen LogP contribution in [0.2, 0.25) is 0 Å². The first-order valence-electron chi connectivity index (χ1n) is 6.26. The van der Waals surface area contributed by atoms with E-state index >= 15 is 0 Å². The lowest BCUT2D eigenvalue weighted by Gasteiger charge is -2.54. The minimum atomic E-state index is 0.982. The maximum Gasteiger partial charge on any atom is 0.0133 e. The molecule has 0 spiro atoms. The highest BCUT2D eigenvalue weighted by atomic mass is 15.3. The van der Waals surface area contributed by atoms with Gasteiger partial charge in [0.2, 0.25) is 0 Å². The van der Waals surface area contributed by atoms with Crippen molar-refractivity contribution in [2.45, 2.75) is 32.1 Å². The monoisotopic (exact) mass is 194 g/mol. The predicted molar refractivity (Wildman–Crippen MR) is 57.6 cm³/mol. The normalized spacial score (nSPS) is 49.9. The van der Waals surface area contributed by atoms with Crippen LogP contribution in [0.4, 0.5) is 0 Å². The van der Waals surface area contributed by atoms with E-state index in [1.807, 2.05) is 7.05 Å². The molecule has 0 aromatic rings. The molecular formula is C12H22N2. The largest absolute Gasteiger partial charge is 0.261 e. The molecule has 0 radical (unpaired) electrons. The Morgan fingerprint density at radius 1 is 0.929 bits per heavy atom. The van der Waals surface area contributed by atoms with Crippen molar-refractivity contribution in [3.8, 4) is 0 Å². The third kappa shape index (κ3) is 1.40. The smallest absolute Gasteiger partial charge is 0.0133 e. The van der Waals surface area contributed by atoms with Gasteiger partial charge in [0, 0.05) is 6.54 Å². The molecule has 0 heterocycles. The lowest BCUT2D eigenvalue weighted by molar-refractivity contribution is -0.0363. The van der Waals surface area contributed by atoms with Crippen LogP contribution in [0, 0.1) is 29.6 Å². The van der Waals surface area contributed by atoms with Crippen LogP contribution in [-0.4, -0.2) is 13.6 Å². The lowest BCUT2D eigenvalue weighted by Crippen LogP contribution is -2.49. The van der Waals surface area contributed by atoms with Crippen LogP contribution in [0.1, 0.15) is 32.1 Å². The van der Waals surface area contributed by atoms with Crippen molar-refractivity contribution in [2.75, 3.05) is 13.6 Å². The SMILES string of the molecule is CNNCC1C2CC3CC(C2)CC1C3. The van der Waals surface area contributed by atoms with Crippen LogP contribution in [0.25, 0.3) is 0 Å². The van der Waals surface area contributed by atoms with Gasteiger partial charge in [-0.05, 0) is 68.7 Å². The Kier molecular flexibility index (Phi) is 2.29. The summed E-state index contributed by atoms with van der Waals surface area (Å²) in [5.74, 6) is 5.33. The van der Waals surface area contributed by atoms with Gasteiger partial charge in [-0.2, -0.15) is 0 Å². The molecule has 4 rings (SSSR count). The van der Waals surface area contributed by atoms with Crippen molar-refractivity contribution in [1.82, 2.24) is 10.9 Å². The van der Waals surface area contributed by atoms with E-state index in [2.05, 4.69) is 10.9 Å². The number of hydrogen-bond donors (Lipinski definition) is 2. The molecule has 4 saturated carbocycles. The van der Waals surface area contributed by atoms with E-state index in [0.717, 1.165) is 29.6 Å². The molecule has 2 nitrogen and oxygen atoms in total. The first-order chi connectivity index (χ1) is 6.86. The zero-order valence-electron chi connectivity index (χ0n) is 9.13. The zero-order valence-corrected chi connectivity index (χ0v) is 9.13. The minimum Gasteiger partial charge on any atom is -0.261 e. The lowest BCUT2D eigenvalue weighted by atomic mass is 9.52. The molecule has 0 saturated heterocycles. The van der Waals surface area contributed by atoms with Gasteiger partial charge in [-0.3, -0.25) is 10.9 Å². The van der Waals surface area contributed by atoms with Crippen LogP contribution in [-0.2, 0) is 0 Å². The van der Waals surface area contributed by atoms with Gasteiger partial charge in [-0.1, -0.05) is 0 Å². The number of hydrazine groups is 1. The maximum atomic E-state index is 3.33. The predicted octanol–water partition coefficient (Wildman–Crippen LogP) is 1.78. The van der Waals surface area contributed by atoms with E-state index in [4.69, 9.17) is 0 Å². The summed E-state index contributed by atoms with van der Waals surface area (Å²) in [6.45, 7) is 1.20. The third-order valence-electron chi connectivity index (χ3n) is 4.94. The van der Waals surface area contributed by atoms with Crippen molar-refractivity contribution in [2.24, 2.45) is 29.6 Å². The number of rotatable bonds is 3. The first kappa shape index (κ1) is 9.17. The molecule has 0 aromatic heterocycles. The third-order valence-corrected chi connectivity index (χ3v) is 4.94. The first-order valence-corrected chi connectivity index (χ1v) is 6.26. The van der Waals surface area contributed by atoms with Crippen molar-refractivity contribution >= 4 is 0 Å². The summed E-state index contributed by atoms with van der Waals surface area (Å²) >= 11 is 0. The second-order valence-corrected chi connectivity index (χ2v) is 5.73. The maximum absolute atomic E-state index is 3.33. The zero-order chi connectivity index (χ0) is 9.54. The Morgan fingerprint density at radius 2 is 1.50 bits per heavy atom. The molecule has 4 bridgehead atoms. The van der Waals surface area contributed by atoms with Crippen molar-refractivity contribution < 1.29 is 0 Å². The standard InChI is InChI=1S/C12H22N2/c1-13-14-7-12-10-3-8-2-9(5-10)6-11(12)4-8/h8-14H,2-7H2,1H3. The van der Waals surface area contributed by atoms with Crippen molar-refractivity contribution in [3.63, 3.8) is 0 Å². The Bertz CT molecular complexity index is 186. The number of nitrogens with one attached hydrogen (secondary N) is 2. The van der Waals surface area contributed by atoms with Gasteiger partial charge >= 0.3 is 0 Å². The van der Waals surface area contributed by atoms with Gasteiger partial charge in [0.1, 0.15) is 0 Å². The summed E-state index contributed by atoms with van der Waals surface area (Å²) in [5.41, 5.74) is 6.40. The van der Waals surface area contributed by atoms with Gasteiger partial charge < -0.3 is 0 Å². The summed E-state index contributed by atoms with van der Waals surface area (Å²) in [6, 6.07) is 0. The molecular weight excluding hydrogens is 172 g/mol. The molecule has 0 aliphatic heterocycles. The molecule has 4 aliphatic rings. The molecule has 2 heteroatoms. The number of hydrogen-bond acceptors (Lipinski definition) is 2. The van der Waals surface area contributed by atoms with Crippen LogP contribution >= 0.6 is 0 Å². The summed E-state index contributed by atoms with van der Waals surface area (Å²) in [7, 11) is 1.98. The average Bonchev–Trinajstić information content (AvgIpc) is 2.15. The average molecular weight is 194 g/mol. The summed E-state index contributed by atoms with van der Waals surface area (Å²) in [5, 5.41) is 0. The fourth-order valence-corrected chi connectivity index (χ4v) is 4.59. The quantitative estimate of drug-likeness (QED) is 0.669. The molecule has 0 unspecified atom stereocenters. The molecule has 0 amide bonds. The Hall–Kier alpha value is -0.0800.